The minimum atomic E-state index is -0.166. The van der Waals surface area contributed by atoms with Gasteiger partial charge in [-0.15, -0.1) is 0 Å². The number of para-hydroxylation sites is 2. The van der Waals surface area contributed by atoms with Crippen LogP contribution in [0.15, 0.2) is 59.7 Å². The summed E-state index contributed by atoms with van der Waals surface area (Å²) in [5.74, 6) is 1.46. The summed E-state index contributed by atoms with van der Waals surface area (Å²) < 4.78 is 10.8. The zero-order valence-corrected chi connectivity index (χ0v) is 15.2. The SMILES string of the molecule is COc1ccccc1C=CC1=NN(C(C)=O)C(c2ccccc2OC)C1. The van der Waals surface area contributed by atoms with E-state index in [-0.39, 0.29) is 11.9 Å². The van der Waals surface area contributed by atoms with E-state index in [9.17, 15) is 4.79 Å². The third-order valence-electron chi connectivity index (χ3n) is 4.35. The molecular weight excluding hydrogens is 328 g/mol. The smallest absolute Gasteiger partial charge is 0.240 e. The zero-order valence-electron chi connectivity index (χ0n) is 15.2. The Bertz CT molecular complexity index is 858. The van der Waals surface area contributed by atoms with Gasteiger partial charge in [0.05, 0.1) is 26.0 Å². The fourth-order valence-corrected chi connectivity index (χ4v) is 3.10. The number of amides is 1. The summed E-state index contributed by atoms with van der Waals surface area (Å²) in [7, 11) is 3.28. The van der Waals surface area contributed by atoms with E-state index in [0.717, 1.165) is 28.3 Å². The Morgan fingerprint density at radius 2 is 1.69 bits per heavy atom. The van der Waals surface area contributed by atoms with Crippen LogP contribution in [0.1, 0.15) is 30.5 Å². The lowest BCUT2D eigenvalue weighted by molar-refractivity contribution is -0.130. The molecule has 1 amide bonds. The van der Waals surface area contributed by atoms with Gasteiger partial charge in [0.2, 0.25) is 5.91 Å². The van der Waals surface area contributed by atoms with Crippen LogP contribution < -0.4 is 9.47 Å². The molecule has 134 valence electrons. The van der Waals surface area contributed by atoms with Crippen molar-refractivity contribution in [1.82, 2.24) is 5.01 Å². The highest BCUT2D eigenvalue weighted by Gasteiger charge is 2.31. The first-order chi connectivity index (χ1) is 12.6. The lowest BCUT2D eigenvalue weighted by Crippen LogP contribution is -2.24. The number of allylic oxidation sites excluding steroid dienone is 1. The highest BCUT2D eigenvalue weighted by molar-refractivity contribution is 6.01. The van der Waals surface area contributed by atoms with Crippen LogP contribution in [0.3, 0.4) is 0 Å². The molecule has 0 radical (unpaired) electrons. The molecule has 0 aromatic heterocycles. The molecule has 5 heteroatoms. The van der Waals surface area contributed by atoms with Crippen LogP contribution in [0, 0.1) is 0 Å². The van der Waals surface area contributed by atoms with Crippen LogP contribution in [-0.4, -0.2) is 30.8 Å². The maximum Gasteiger partial charge on any atom is 0.240 e. The largest absolute Gasteiger partial charge is 0.496 e. The van der Waals surface area contributed by atoms with Gasteiger partial charge in [0, 0.05) is 24.5 Å². The highest BCUT2D eigenvalue weighted by Crippen LogP contribution is 2.36. The van der Waals surface area contributed by atoms with Crippen LogP contribution >= 0.6 is 0 Å². The molecule has 2 aromatic carbocycles. The molecule has 3 rings (SSSR count). The number of nitrogens with zero attached hydrogens (tertiary/aromatic N) is 2. The molecule has 0 bridgehead atoms. The van der Waals surface area contributed by atoms with Crippen molar-refractivity contribution in [1.29, 1.82) is 0 Å². The Balaban J connectivity index is 1.87. The summed E-state index contributed by atoms with van der Waals surface area (Å²) in [4.78, 5) is 12.1. The fraction of sp³-hybridized carbons (Fsp3) is 0.238. The van der Waals surface area contributed by atoms with E-state index in [0.29, 0.717) is 6.42 Å². The van der Waals surface area contributed by atoms with Gasteiger partial charge in [-0.3, -0.25) is 4.79 Å². The van der Waals surface area contributed by atoms with Crippen molar-refractivity contribution in [2.24, 2.45) is 5.10 Å². The fourth-order valence-electron chi connectivity index (χ4n) is 3.10. The number of carbonyl (C=O) groups excluding carboxylic acids is 1. The van der Waals surface area contributed by atoms with E-state index in [1.807, 2.05) is 60.7 Å². The number of ether oxygens (including phenoxy) is 2. The first-order valence-corrected chi connectivity index (χ1v) is 8.45. The summed E-state index contributed by atoms with van der Waals surface area (Å²) in [5, 5.41) is 6.04. The maximum absolute atomic E-state index is 12.1. The number of hydrogen-bond acceptors (Lipinski definition) is 4. The van der Waals surface area contributed by atoms with Crippen LogP contribution in [0.4, 0.5) is 0 Å². The Morgan fingerprint density at radius 3 is 2.38 bits per heavy atom. The summed E-state index contributed by atoms with van der Waals surface area (Å²) in [6, 6.07) is 15.3. The Labute approximate surface area is 153 Å². The van der Waals surface area contributed by atoms with Gasteiger partial charge in [0.25, 0.3) is 0 Å². The lowest BCUT2D eigenvalue weighted by Gasteiger charge is -2.22. The van der Waals surface area contributed by atoms with Gasteiger partial charge in [-0.25, -0.2) is 5.01 Å². The Hall–Kier alpha value is -3.08. The number of hydrogen-bond donors (Lipinski definition) is 0. The monoisotopic (exact) mass is 350 g/mol. The molecule has 2 aromatic rings. The Morgan fingerprint density at radius 1 is 1.04 bits per heavy atom. The second kappa shape index (κ2) is 7.87. The quantitative estimate of drug-likeness (QED) is 0.817. The van der Waals surface area contributed by atoms with Gasteiger partial charge in [-0.2, -0.15) is 5.10 Å². The average Bonchev–Trinajstić information content (AvgIpc) is 3.11. The maximum atomic E-state index is 12.1. The third-order valence-corrected chi connectivity index (χ3v) is 4.35. The second-order valence-corrected chi connectivity index (χ2v) is 5.99. The predicted molar refractivity (Wildman–Crippen MR) is 102 cm³/mol. The van der Waals surface area contributed by atoms with Crippen LogP contribution in [0.25, 0.3) is 6.08 Å². The highest BCUT2D eigenvalue weighted by atomic mass is 16.5. The average molecular weight is 350 g/mol. The molecule has 0 aliphatic carbocycles. The van der Waals surface area contributed by atoms with Crippen LogP contribution in [0.2, 0.25) is 0 Å². The van der Waals surface area contributed by atoms with Gasteiger partial charge >= 0.3 is 0 Å². The molecule has 1 aliphatic rings. The van der Waals surface area contributed by atoms with Gasteiger partial charge in [-0.05, 0) is 24.3 Å². The predicted octanol–water partition coefficient (Wildman–Crippen LogP) is 4.07. The molecule has 1 heterocycles. The molecule has 1 unspecified atom stereocenters. The molecule has 5 nitrogen and oxygen atoms in total. The normalized spacial score (nSPS) is 16.7. The molecule has 0 saturated heterocycles. The summed E-state index contributed by atoms with van der Waals surface area (Å²) in [6.45, 7) is 1.53. The topological polar surface area (TPSA) is 51.1 Å². The number of hydrazone groups is 1. The van der Waals surface area contributed by atoms with E-state index in [1.54, 1.807) is 14.2 Å². The van der Waals surface area contributed by atoms with Crippen molar-refractivity contribution in [2.75, 3.05) is 14.2 Å². The van der Waals surface area contributed by atoms with Crippen LogP contribution in [0.5, 0.6) is 11.5 Å². The second-order valence-electron chi connectivity index (χ2n) is 5.99. The number of carbonyl (C=O) groups is 1. The van der Waals surface area contributed by atoms with Crippen molar-refractivity contribution in [3.63, 3.8) is 0 Å². The van der Waals surface area contributed by atoms with E-state index in [2.05, 4.69) is 5.10 Å². The molecular formula is C21H22N2O3. The molecule has 1 aliphatic heterocycles. The van der Waals surface area contributed by atoms with Gasteiger partial charge in [0.15, 0.2) is 0 Å². The van der Waals surface area contributed by atoms with Crippen molar-refractivity contribution in [3.8, 4) is 11.5 Å². The number of benzene rings is 2. The van der Waals surface area contributed by atoms with Crippen molar-refractivity contribution < 1.29 is 14.3 Å². The van der Waals surface area contributed by atoms with Crippen molar-refractivity contribution >= 4 is 17.7 Å². The van der Waals surface area contributed by atoms with E-state index in [1.165, 1.54) is 11.9 Å². The van der Waals surface area contributed by atoms with Crippen molar-refractivity contribution in [3.05, 3.63) is 65.7 Å². The van der Waals surface area contributed by atoms with Gasteiger partial charge < -0.3 is 9.47 Å². The van der Waals surface area contributed by atoms with Crippen molar-refractivity contribution in [2.45, 2.75) is 19.4 Å². The summed E-state index contributed by atoms with van der Waals surface area (Å²) >= 11 is 0. The third kappa shape index (κ3) is 3.61. The first-order valence-electron chi connectivity index (χ1n) is 8.45. The molecule has 1 atom stereocenters. The van der Waals surface area contributed by atoms with E-state index in [4.69, 9.17) is 9.47 Å². The summed E-state index contributed by atoms with van der Waals surface area (Å²) in [6.07, 6.45) is 4.52. The van der Waals surface area contributed by atoms with Gasteiger partial charge in [0.1, 0.15) is 11.5 Å². The summed E-state index contributed by atoms with van der Waals surface area (Å²) in [5.41, 5.74) is 2.75. The number of rotatable bonds is 5. The Kier molecular flexibility index (Phi) is 5.37. The molecule has 0 fully saturated rings. The van der Waals surface area contributed by atoms with E-state index >= 15 is 0 Å². The molecule has 0 spiro atoms. The lowest BCUT2D eigenvalue weighted by atomic mass is 10.00. The van der Waals surface area contributed by atoms with E-state index < -0.39 is 0 Å². The van der Waals surface area contributed by atoms with Gasteiger partial charge in [-0.1, -0.05) is 36.4 Å². The standard InChI is InChI=1S/C21H22N2O3/c1-15(24)23-19(18-9-5-7-11-21(18)26-3)14-17(22-23)13-12-16-8-4-6-10-20(16)25-2/h4-13,19H,14H2,1-3H3. The minimum absolute atomic E-state index is 0.0957. The zero-order chi connectivity index (χ0) is 18.5. The minimum Gasteiger partial charge on any atom is -0.496 e. The molecule has 0 N–H and O–H groups in total. The molecule has 0 saturated carbocycles. The number of methoxy groups -OCH3 is 2. The van der Waals surface area contributed by atoms with Crippen LogP contribution in [-0.2, 0) is 4.79 Å². The molecule has 26 heavy (non-hydrogen) atoms. The first kappa shape index (κ1) is 17.7.